The molecule has 0 bridgehead atoms. The molecule has 1 amide bonds. The third kappa shape index (κ3) is 6.71. The molecular formula is C23H20Cl3N3O4S. The number of nitrogens with zero attached hydrogens (tertiary/aromatic N) is 2. The highest BCUT2D eigenvalue weighted by atomic mass is 35.5. The van der Waals surface area contributed by atoms with Gasteiger partial charge in [0.2, 0.25) is 10.0 Å². The van der Waals surface area contributed by atoms with Crippen LogP contribution < -0.4 is 10.2 Å². The first-order valence-electron chi connectivity index (χ1n) is 9.85. The van der Waals surface area contributed by atoms with E-state index >= 15 is 0 Å². The molecule has 0 unspecified atom stereocenters. The maximum Gasteiger partial charge on any atom is 0.255 e. The summed E-state index contributed by atoms with van der Waals surface area (Å²) in [6, 6.07) is 17.5. The van der Waals surface area contributed by atoms with Crippen LogP contribution in [0.25, 0.3) is 0 Å². The van der Waals surface area contributed by atoms with Gasteiger partial charge in [-0.1, -0.05) is 53.0 Å². The number of halogens is 3. The quantitative estimate of drug-likeness (QED) is 0.306. The number of carbonyl (C=O) groups excluding carboxylic acids is 1. The molecule has 0 atom stereocenters. The number of carbonyl (C=O) groups is 1. The molecule has 0 saturated heterocycles. The number of ether oxygens (including phenoxy) is 1. The van der Waals surface area contributed by atoms with E-state index in [0.29, 0.717) is 26.9 Å². The molecular weight excluding hydrogens is 521 g/mol. The van der Waals surface area contributed by atoms with Crippen molar-refractivity contribution in [1.82, 2.24) is 9.73 Å². The summed E-state index contributed by atoms with van der Waals surface area (Å²) in [5.41, 5.74) is 3.47. The van der Waals surface area contributed by atoms with E-state index in [0.717, 1.165) is 4.31 Å². The van der Waals surface area contributed by atoms with Crippen molar-refractivity contribution in [2.45, 2.75) is 11.4 Å². The van der Waals surface area contributed by atoms with Crippen LogP contribution in [0.4, 0.5) is 0 Å². The van der Waals surface area contributed by atoms with Crippen LogP contribution in [0.5, 0.6) is 5.75 Å². The third-order valence-electron chi connectivity index (χ3n) is 4.66. The lowest BCUT2D eigenvalue weighted by atomic mass is 10.2. The molecule has 1 N–H and O–H groups in total. The monoisotopic (exact) mass is 539 g/mol. The predicted molar refractivity (Wildman–Crippen MR) is 134 cm³/mol. The average Bonchev–Trinajstić information content (AvgIpc) is 2.80. The number of nitrogens with one attached hydrogen (secondary N) is 1. The number of hydrazone groups is 1. The van der Waals surface area contributed by atoms with Gasteiger partial charge in [0.1, 0.15) is 5.75 Å². The predicted octanol–water partition coefficient (Wildman–Crippen LogP) is 5.00. The van der Waals surface area contributed by atoms with Gasteiger partial charge in [0, 0.05) is 27.2 Å². The van der Waals surface area contributed by atoms with Gasteiger partial charge in [-0.05, 0) is 54.1 Å². The highest BCUT2D eigenvalue weighted by molar-refractivity contribution is 7.89. The van der Waals surface area contributed by atoms with Crippen LogP contribution in [0, 0.1) is 0 Å². The van der Waals surface area contributed by atoms with Crippen LogP contribution in [-0.2, 0) is 21.4 Å². The lowest BCUT2D eigenvalue weighted by Gasteiger charge is -2.22. The fourth-order valence-electron chi connectivity index (χ4n) is 2.96. The van der Waals surface area contributed by atoms with Crippen molar-refractivity contribution in [3.63, 3.8) is 0 Å². The second-order valence-electron chi connectivity index (χ2n) is 7.00. The van der Waals surface area contributed by atoms with E-state index in [1.807, 2.05) is 0 Å². The Kier molecular flexibility index (Phi) is 8.93. The van der Waals surface area contributed by atoms with Gasteiger partial charge in [0.15, 0.2) is 0 Å². The highest BCUT2D eigenvalue weighted by Gasteiger charge is 2.27. The SMILES string of the molecule is COc1ccccc1/C=N\NC(=O)CN(Cc1ccc(Cl)cc1Cl)S(=O)(=O)c1ccc(Cl)cc1. The minimum atomic E-state index is -4.08. The van der Waals surface area contributed by atoms with E-state index in [4.69, 9.17) is 39.5 Å². The zero-order chi connectivity index (χ0) is 24.7. The highest BCUT2D eigenvalue weighted by Crippen LogP contribution is 2.25. The molecule has 0 saturated carbocycles. The molecule has 178 valence electrons. The van der Waals surface area contributed by atoms with Crippen molar-refractivity contribution in [1.29, 1.82) is 0 Å². The van der Waals surface area contributed by atoms with Crippen LogP contribution in [0.15, 0.2) is 76.7 Å². The average molecular weight is 541 g/mol. The van der Waals surface area contributed by atoms with Crippen molar-refractivity contribution in [2.24, 2.45) is 5.10 Å². The number of hydrogen-bond acceptors (Lipinski definition) is 5. The second-order valence-corrected chi connectivity index (χ2v) is 10.2. The number of para-hydroxylation sites is 1. The number of sulfonamides is 1. The molecule has 3 rings (SSSR count). The molecule has 0 spiro atoms. The fraction of sp³-hybridized carbons (Fsp3) is 0.130. The largest absolute Gasteiger partial charge is 0.496 e. The minimum Gasteiger partial charge on any atom is -0.496 e. The van der Waals surface area contributed by atoms with E-state index < -0.39 is 22.5 Å². The van der Waals surface area contributed by atoms with Gasteiger partial charge in [-0.3, -0.25) is 4.79 Å². The van der Waals surface area contributed by atoms with Gasteiger partial charge in [0.25, 0.3) is 5.91 Å². The summed E-state index contributed by atoms with van der Waals surface area (Å²) in [5.74, 6) is -0.0707. The Morgan fingerprint density at radius 3 is 2.38 bits per heavy atom. The Hall–Kier alpha value is -2.62. The Morgan fingerprint density at radius 2 is 1.71 bits per heavy atom. The molecule has 0 aliphatic rings. The minimum absolute atomic E-state index is 0.0210. The Bertz CT molecular complexity index is 1300. The summed E-state index contributed by atoms with van der Waals surface area (Å²) in [6.45, 7) is -0.669. The summed E-state index contributed by atoms with van der Waals surface area (Å²) < 4.78 is 32.9. The zero-order valence-electron chi connectivity index (χ0n) is 17.9. The van der Waals surface area contributed by atoms with E-state index in [1.54, 1.807) is 36.4 Å². The Labute approximate surface area is 212 Å². The molecule has 0 aliphatic carbocycles. The lowest BCUT2D eigenvalue weighted by molar-refractivity contribution is -0.121. The molecule has 11 heteroatoms. The summed E-state index contributed by atoms with van der Waals surface area (Å²) in [5, 5.41) is 4.99. The number of rotatable bonds is 9. The van der Waals surface area contributed by atoms with Crippen LogP contribution >= 0.6 is 34.8 Å². The van der Waals surface area contributed by atoms with Gasteiger partial charge in [-0.25, -0.2) is 13.8 Å². The summed E-state index contributed by atoms with van der Waals surface area (Å²) in [6.07, 6.45) is 1.41. The Balaban J connectivity index is 1.83. The smallest absolute Gasteiger partial charge is 0.255 e. The third-order valence-corrected chi connectivity index (χ3v) is 7.31. The maximum atomic E-state index is 13.3. The second kappa shape index (κ2) is 11.7. The first kappa shape index (κ1) is 26.0. The standard InChI is InChI=1S/C23H20Cl3N3O4S/c1-33-22-5-3-2-4-16(22)13-27-28-23(30)15-29(14-17-6-7-19(25)12-21(17)26)34(31,32)20-10-8-18(24)9-11-20/h2-13H,14-15H2,1H3,(H,28,30)/b27-13-. The summed E-state index contributed by atoms with van der Waals surface area (Å²) >= 11 is 18.1. The zero-order valence-corrected chi connectivity index (χ0v) is 21.0. The van der Waals surface area contributed by atoms with Crippen molar-refractivity contribution in [2.75, 3.05) is 13.7 Å². The first-order chi connectivity index (χ1) is 16.2. The lowest BCUT2D eigenvalue weighted by Crippen LogP contribution is -2.39. The van der Waals surface area contributed by atoms with Crippen molar-refractivity contribution < 1.29 is 17.9 Å². The van der Waals surface area contributed by atoms with Gasteiger partial charge in [0.05, 0.1) is 24.8 Å². The molecule has 0 radical (unpaired) electrons. The summed E-state index contributed by atoms with van der Waals surface area (Å²) in [7, 11) is -2.55. The number of methoxy groups -OCH3 is 1. The number of benzene rings is 3. The molecule has 0 aromatic heterocycles. The van der Waals surface area contributed by atoms with Crippen molar-refractivity contribution >= 4 is 56.9 Å². The van der Waals surface area contributed by atoms with Gasteiger partial charge in [-0.2, -0.15) is 9.41 Å². The van der Waals surface area contributed by atoms with Gasteiger partial charge < -0.3 is 4.74 Å². The van der Waals surface area contributed by atoms with Gasteiger partial charge >= 0.3 is 0 Å². The molecule has 0 heterocycles. The topological polar surface area (TPSA) is 88.1 Å². The van der Waals surface area contributed by atoms with E-state index in [9.17, 15) is 13.2 Å². The first-order valence-corrected chi connectivity index (χ1v) is 12.4. The molecule has 0 fully saturated rings. The van der Waals surface area contributed by atoms with Crippen molar-refractivity contribution in [3.05, 3.63) is 92.9 Å². The van der Waals surface area contributed by atoms with Crippen LogP contribution in [0.2, 0.25) is 15.1 Å². The van der Waals surface area contributed by atoms with E-state index in [1.165, 1.54) is 43.7 Å². The maximum absolute atomic E-state index is 13.3. The molecule has 7 nitrogen and oxygen atoms in total. The van der Waals surface area contributed by atoms with Crippen molar-refractivity contribution in [3.8, 4) is 5.75 Å². The fourth-order valence-corrected chi connectivity index (χ4v) is 4.93. The molecule has 3 aromatic carbocycles. The molecule has 34 heavy (non-hydrogen) atoms. The van der Waals surface area contributed by atoms with E-state index in [2.05, 4.69) is 10.5 Å². The van der Waals surface area contributed by atoms with Crippen LogP contribution in [-0.4, -0.2) is 38.5 Å². The number of amides is 1. The Morgan fingerprint density at radius 1 is 1.03 bits per heavy atom. The molecule has 0 aliphatic heterocycles. The molecule has 3 aromatic rings. The van der Waals surface area contributed by atoms with Gasteiger partial charge in [-0.15, -0.1) is 0 Å². The van der Waals surface area contributed by atoms with E-state index in [-0.39, 0.29) is 16.5 Å². The normalized spacial score (nSPS) is 11.7. The summed E-state index contributed by atoms with van der Waals surface area (Å²) in [4.78, 5) is 12.6. The van der Waals surface area contributed by atoms with Crippen LogP contribution in [0.3, 0.4) is 0 Å². The number of hydrogen-bond donors (Lipinski definition) is 1. The van der Waals surface area contributed by atoms with Crippen LogP contribution in [0.1, 0.15) is 11.1 Å².